The lowest BCUT2D eigenvalue weighted by molar-refractivity contribution is -0.118. The number of hydrogen-bond donors (Lipinski definition) is 1. The highest BCUT2D eigenvalue weighted by Gasteiger charge is 2.16. The van der Waals surface area contributed by atoms with Gasteiger partial charge in [-0.1, -0.05) is 65.8 Å². The van der Waals surface area contributed by atoms with Crippen molar-refractivity contribution in [2.24, 2.45) is 0 Å². The van der Waals surface area contributed by atoms with E-state index in [1.807, 2.05) is 80.6 Å². The number of hydrogen-bond acceptors (Lipinski definition) is 5. The largest absolute Gasteiger partial charge is 0.483 e. The van der Waals surface area contributed by atoms with Crippen LogP contribution in [-0.2, 0) is 4.79 Å². The first-order chi connectivity index (χ1) is 14.6. The number of rotatable bonds is 6. The second-order valence-electron chi connectivity index (χ2n) is 6.89. The molecule has 6 nitrogen and oxygen atoms in total. The van der Waals surface area contributed by atoms with Crippen molar-refractivity contribution in [3.63, 3.8) is 0 Å². The molecule has 1 amide bonds. The van der Waals surface area contributed by atoms with E-state index in [2.05, 4.69) is 15.5 Å². The molecule has 0 aliphatic heterocycles. The van der Waals surface area contributed by atoms with E-state index in [1.165, 1.54) is 0 Å². The van der Waals surface area contributed by atoms with Crippen LogP contribution in [0, 0.1) is 13.8 Å². The predicted molar refractivity (Wildman–Crippen MR) is 115 cm³/mol. The number of para-hydroxylation sites is 2. The molecule has 0 aliphatic rings. The summed E-state index contributed by atoms with van der Waals surface area (Å²) in [4.78, 5) is 17.0. The number of carbonyl (C=O) groups is 1. The Labute approximate surface area is 174 Å². The van der Waals surface area contributed by atoms with Gasteiger partial charge in [-0.15, -0.1) is 0 Å². The smallest absolute Gasteiger partial charge is 0.262 e. The molecule has 0 saturated carbocycles. The summed E-state index contributed by atoms with van der Waals surface area (Å²) in [6.07, 6.45) is 0. The summed E-state index contributed by atoms with van der Waals surface area (Å²) in [5.41, 5.74) is 4.06. The van der Waals surface area contributed by atoms with Crippen LogP contribution in [0.4, 0.5) is 5.69 Å². The fourth-order valence-electron chi connectivity index (χ4n) is 3.17. The van der Waals surface area contributed by atoms with Crippen molar-refractivity contribution in [1.82, 2.24) is 10.1 Å². The molecule has 3 aromatic carbocycles. The van der Waals surface area contributed by atoms with Crippen LogP contribution < -0.4 is 10.1 Å². The number of benzene rings is 3. The Morgan fingerprint density at radius 2 is 1.63 bits per heavy atom. The molecule has 1 aromatic heterocycles. The van der Waals surface area contributed by atoms with Crippen molar-refractivity contribution >= 4 is 11.6 Å². The van der Waals surface area contributed by atoms with Crippen molar-refractivity contribution in [3.8, 4) is 28.6 Å². The standard InChI is InChI=1S/C24H21N3O3/c1-16-9-8-10-17(2)22(16)29-15-21(28)25-20-14-7-6-13-19(20)24-26-23(27-30-24)18-11-4-3-5-12-18/h3-14H,15H2,1-2H3,(H,25,28). The highest BCUT2D eigenvalue weighted by atomic mass is 16.5. The Kier molecular flexibility index (Phi) is 5.57. The van der Waals surface area contributed by atoms with Crippen LogP contribution in [0.25, 0.3) is 22.8 Å². The van der Waals surface area contributed by atoms with E-state index in [0.29, 0.717) is 23.0 Å². The van der Waals surface area contributed by atoms with E-state index >= 15 is 0 Å². The SMILES string of the molecule is Cc1cccc(C)c1OCC(=O)Nc1ccccc1-c1nc(-c2ccccc2)no1. The van der Waals surface area contributed by atoms with E-state index in [4.69, 9.17) is 9.26 Å². The van der Waals surface area contributed by atoms with Gasteiger partial charge in [-0.3, -0.25) is 4.79 Å². The summed E-state index contributed by atoms with van der Waals surface area (Å²) < 4.78 is 11.2. The molecule has 6 heteroatoms. The second-order valence-corrected chi connectivity index (χ2v) is 6.89. The van der Waals surface area contributed by atoms with Gasteiger partial charge in [0.15, 0.2) is 6.61 Å². The third-order valence-electron chi connectivity index (χ3n) is 4.65. The van der Waals surface area contributed by atoms with Crippen molar-refractivity contribution in [1.29, 1.82) is 0 Å². The molecule has 0 bridgehead atoms. The minimum Gasteiger partial charge on any atom is -0.483 e. The molecule has 1 N–H and O–H groups in total. The fraction of sp³-hybridized carbons (Fsp3) is 0.125. The number of aromatic nitrogens is 2. The Hall–Kier alpha value is -3.93. The van der Waals surface area contributed by atoms with Gasteiger partial charge in [0.05, 0.1) is 11.3 Å². The molecular weight excluding hydrogens is 378 g/mol. The molecule has 0 saturated heterocycles. The summed E-state index contributed by atoms with van der Waals surface area (Å²) in [7, 11) is 0. The zero-order valence-electron chi connectivity index (χ0n) is 16.8. The molecule has 0 aliphatic carbocycles. The van der Waals surface area contributed by atoms with Crippen LogP contribution in [0.15, 0.2) is 77.3 Å². The van der Waals surface area contributed by atoms with Crippen LogP contribution in [0.3, 0.4) is 0 Å². The Morgan fingerprint density at radius 3 is 2.40 bits per heavy atom. The summed E-state index contributed by atoms with van der Waals surface area (Å²) in [5.74, 6) is 1.28. The molecule has 0 spiro atoms. The predicted octanol–water partition coefficient (Wildman–Crippen LogP) is 5.04. The quantitative estimate of drug-likeness (QED) is 0.492. The van der Waals surface area contributed by atoms with Gasteiger partial charge < -0.3 is 14.6 Å². The van der Waals surface area contributed by atoms with Gasteiger partial charge in [-0.2, -0.15) is 4.98 Å². The fourth-order valence-corrected chi connectivity index (χ4v) is 3.17. The maximum Gasteiger partial charge on any atom is 0.262 e. The number of carbonyl (C=O) groups excluding carboxylic acids is 1. The van der Waals surface area contributed by atoms with E-state index in [-0.39, 0.29) is 12.5 Å². The first-order valence-corrected chi connectivity index (χ1v) is 9.59. The van der Waals surface area contributed by atoms with E-state index in [0.717, 1.165) is 22.4 Å². The van der Waals surface area contributed by atoms with Gasteiger partial charge in [-0.05, 0) is 37.1 Å². The third-order valence-corrected chi connectivity index (χ3v) is 4.65. The number of aryl methyl sites for hydroxylation is 2. The molecule has 0 unspecified atom stereocenters. The molecule has 4 aromatic rings. The number of nitrogens with zero attached hydrogens (tertiary/aromatic N) is 2. The highest BCUT2D eigenvalue weighted by Crippen LogP contribution is 2.28. The van der Waals surface area contributed by atoms with Gasteiger partial charge >= 0.3 is 0 Å². The average molecular weight is 399 g/mol. The zero-order valence-corrected chi connectivity index (χ0v) is 16.8. The van der Waals surface area contributed by atoms with Crippen LogP contribution in [0.1, 0.15) is 11.1 Å². The molecule has 0 radical (unpaired) electrons. The Balaban J connectivity index is 1.50. The van der Waals surface area contributed by atoms with Crippen LogP contribution in [0.2, 0.25) is 0 Å². The van der Waals surface area contributed by atoms with Crippen molar-refractivity contribution in [3.05, 3.63) is 83.9 Å². The van der Waals surface area contributed by atoms with Gasteiger partial charge in [0.25, 0.3) is 11.8 Å². The minimum absolute atomic E-state index is 0.0981. The van der Waals surface area contributed by atoms with Crippen molar-refractivity contribution in [2.75, 3.05) is 11.9 Å². The third kappa shape index (κ3) is 4.22. The average Bonchev–Trinajstić information content (AvgIpc) is 3.24. The summed E-state index contributed by atoms with van der Waals surface area (Å²) >= 11 is 0. The number of ether oxygens (including phenoxy) is 1. The normalized spacial score (nSPS) is 10.6. The molecule has 30 heavy (non-hydrogen) atoms. The topological polar surface area (TPSA) is 77.2 Å². The molecular formula is C24H21N3O3. The monoisotopic (exact) mass is 399 g/mol. The number of amides is 1. The van der Waals surface area contributed by atoms with Crippen LogP contribution >= 0.6 is 0 Å². The maximum absolute atomic E-state index is 12.5. The van der Waals surface area contributed by atoms with Crippen molar-refractivity contribution < 1.29 is 14.1 Å². The van der Waals surface area contributed by atoms with Gasteiger partial charge in [0.2, 0.25) is 5.82 Å². The lowest BCUT2D eigenvalue weighted by Gasteiger charge is -2.12. The van der Waals surface area contributed by atoms with Crippen molar-refractivity contribution in [2.45, 2.75) is 13.8 Å². The summed E-state index contributed by atoms with van der Waals surface area (Å²) in [6.45, 7) is 3.81. The first kappa shape index (κ1) is 19.4. The van der Waals surface area contributed by atoms with Crippen LogP contribution in [-0.4, -0.2) is 22.7 Å². The highest BCUT2D eigenvalue weighted by molar-refractivity contribution is 5.95. The minimum atomic E-state index is -0.270. The Bertz CT molecular complexity index is 1150. The molecule has 0 atom stereocenters. The number of anilines is 1. The first-order valence-electron chi connectivity index (χ1n) is 9.59. The molecule has 150 valence electrons. The summed E-state index contributed by atoms with van der Waals surface area (Å²) in [5, 5.41) is 6.93. The lowest BCUT2D eigenvalue weighted by Crippen LogP contribution is -2.21. The Morgan fingerprint density at radius 1 is 0.933 bits per heavy atom. The molecule has 0 fully saturated rings. The molecule has 1 heterocycles. The number of nitrogens with one attached hydrogen (secondary N) is 1. The van der Waals surface area contributed by atoms with Gasteiger partial charge in [-0.25, -0.2) is 0 Å². The van der Waals surface area contributed by atoms with E-state index < -0.39 is 0 Å². The maximum atomic E-state index is 12.5. The molecule has 4 rings (SSSR count). The van der Waals surface area contributed by atoms with E-state index in [1.54, 1.807) is 6.07 Å². The zero-order chi connectivity index (χ0) is 20.9. The van der Waals surface area contributed by atoms with Gasteiger partial charge in [0, 0.05) is 5.56 Å². The van der Waals surface area contributed by atoms with Gasteiger partial charge in [0.1, 0.15) is 5.75 Å². The van der Waals surface area contributed by atoms with Crippen LogP contribution in [0.5, 0.6) is 5.75 Å². The second kappa shape index (κ2) is 8.61. The summed E-state index contributed by atoms with van der Waals surface area (Å²) in [6, 6.07) is 22.7. The lowest BCUT2D eigenvalue weighted by atomic mass is 10.1. The van der Waals surface area contributed by atoms with E-state index in [9.17, 15) is 4.79 Å².